The average molecular weight is 254 g/mol. The Morgan fingerprint density at radius 1 is 0.889 bits per heavy atom. The Balaban J connectivity index is 2.00. The predicted octanol–water partition coefficient (Wildman–Crippen LogP) is 4.14. The summed E-state index contributed by atoms with van der Waals surface area (Å²) in [6.45, 7) is 0. The van der Waals surface area contributed by atoms with Crippen molar-refractivity contribution in [1.82, 2.24) is 0 Å². The summed E-state index contributed by atoms with van der Waals surface area (Å²) < 4.78 is 3.29. The molecule has 0 aliphatic heterocycles. The third-order valence-electron chi connectivity index (χ3n) is 2.72. The molecule has 0 aliphatic carbocycles. The lowest BCUT2D eigenvalue weighted by atomic mass is 10.3. The Morgan fingerprint density at radius 3 is 2.39 bits per heavy atom. The molecule has 1 heterocycles. The van der Waals surface area contributed by atoms with Crippen molar-refractivity contribution in [2.75, 3.05) is 0 Å². The highest BCUT2D eigenvalue weighted by Gasteiger charge is 2.14. The minimum absolute atomic E-state index is 0.870. The van der Waals surface area contributed by atoms with Gasteiger partial charge in [0.05, 0.1) is 16.9 Å². The number of aromatic nitrogens is 1. The summed E-state index contributed by atoms with van der Waals surface area (Å²) >= 11 is 1.65. The number of aryl methyl sites for hydroxylation is 1. The summed E-state index contributed by atoms with van der Waals surface area (Å²) in [6, 6.07) is 18.0. The molecular formula is C14H12N3S+. The molecule has 0 saturated carbocycles. The van der Waals surface area contributed by atoms with Crippen LogP contribution in [0.4, 0.5) is 10.8 Å². The summed E-state index contributed by atoms with van der Waals surface area (Å²) in [5.41, 5.74) is 2.06. The molecule has 0 bridgehead atoms. The summed E-state index contributed by atoms with van der Waals surface area (Å²) in [5, 5.41) is 9.47. The summed E-state index contributed by atoms with van der Waals surface area (Å²) in [6.07, 6.45) is 0. The van der Waals surface area contributed by atoms with E-state index < -0.39 is 0 Å². The highest BCUT2D eigenvalue weighted by atomic mass is 32.1. The number of hydrogen-bond acceptors (Lipinski definition) is 3. The summed E-state index contributed by atoms with van der Waals surface area (Å²) in [5.74, 6) is 0. The molecule has 0 radical (unpaired) electrons. The van der Waals surface area contributed by atoms with Crippen LogP contribution in [0.3, 0.4) is 0 Å². The van der Waals surface area contributed by atoms with E-state index in [1.54, 1.807) is 11.3 Å². The van der Waals surface area contributed by atoms with Crippen LogP contribution in [0.15, 0.2) is 64.8 Å². The lowest BCUT2D eigenvalue weighted by molar-refractivity contribution is -0.627. The number of rotatable bonds is 2. The van der Waals surface area contributed by atoms with E-state index >= 15 is 0 Å². The van der Waals surface area contributed by atoms with Crippen molar-refractivity contribution in [3.05, 3.63) is 54.6 Å². The van der Waals surface area contributed by atoms with Crippen LogP contribution >= 0.6 is 11.3 Å². The predicted molar refractivity (Wildman–Crippen MR) is 73.6 cm³/mol. The normalized spacial score (nSPS) is 11.4. The fourth-order valence-corrected chi connectivity index (χ4v) is 2.74. The Kier molecular flexibility index (Phi) is 2.86. The highest BCUT2D eigenvalue weighted by Crippen LogP contribution is 2.26. The van der Waals surface area contributed by atoms with Crippen LogP contribution in [0.25, 0.3) is 10.2 Å². The molecule has 4 heteroatoms. The summed E-state index contributed by atoms with van der Waals surface area (Å²) in [4.78, 5) is 0. The summed E-state index contributed by atoms with van der Waals surface area (Å²) in [7, 11) is 2.01. The maximum Gasteiger partial charge on any atom is 0.409 e. The van der Waals surface area contributed by atoms with Crippen LogP contribution in [-0.4, -0.2) is 0 Å². The lowest BCUT2D eigenvalue weighted by Gasteiger charge is -1.87. The van der Waals surface area contributed by atoms with Gasteiger partial charge in [-0.2, -0.15) is 0 Å². The van der Waals surface area contributed by atoms with E-state index in [1.807, 2.05) is 49.5 Å². The van der Waals surface area contributed by atoms with Gasteiger partial charge in [-0.15, -0.1) is 0 Å². The van der Waals surface area contributed by atoms with Gasteiger partial charge >= 0.3 is 5.13 Å². The highest BCUT2D eigenvalue weighted by molar-refractivity contribution is 7.21. The molecule has 3 rings (SSSR count). The average Bonchev–Trinajstić information content (AvgIpc) is 2.75. The standard InChI is InChI=1S/C14H12N3S/c1-17-12-9-5-6-10-13(12)18-14(17)16-15-11-7-3-2-4-8-11/h2-10H,1H3/q+1. The molecule has 18 heavy (non-hydrogen) atoms. The Morgan fingerprint density at radius 2 is 1.61 bits per heavy atom. The van der Waals surface area contributed by atoms with Crippen molar-refractivity contribution >= 4 is 32.4 Å². The molecule has 88 valence electrons. The van der Waals surface area contributed by atoms with Gasteiger partial charge in [0.25, 0.3) is 0 Å². The zero-order valence-corrected chi connectivity index (χ0v) is 10.8. The van der Waals surface area contributed by atoms with Crippen LogP contribution in [0.5, 0.6) is 0 Å². The van der Waals surface area contributed by atoms with E-state index in [9.17, 15) is 0 Å². The number of benzene rings is 2. The second-order valence-electron chi connectivity index (χ2n) is 3.95. The molecule has 3 nitrogen and oxygen atoms in total. The molecule has 0 N–H and O–H groups in total. The monoisotopic (exact) mass is 254 g/mol. The second kappa shape index (κ2) is 4.66. The van der Waals surface area contributed by atoms with Gasteiger partial charge in [-0.3, -0.25) is 0 Å². The van der Waals surface area contributed by atoms with Crippen LogP contribution < -0.4 is 4.57 Å². The number of hydrogen-bond donors (Lipinski definition) is 0. The number of nitrogens with zero attached hydrogens (tertiary/aromatic N) is 3. The molecule has 1 aromatic heterocycles. The van der Waals surface area contributed by atoms with Gasteiger partial charge in [0.1, 0.15) is 11.2 Å². The second-order valence-corrected chi connectivity index (χ2v) is 4.96. The van der Waals surface area contributed by atoms with Crippen LogP contribution in [-0.2, 0) is 7.05 Å². The smallest absolute Gasteiger partial charge is 0.214 e. The first-order valence-corrected chi connectivity index (χ1v) is 6.50. The number of azo groups is 1. The zero-order valence-electron chi connectivity index (χ0n) is 9.95. The van der Waals surface area contributed by atoms with Crippen LogP contribution in [0.1, 0.15) is 0 Å². The van der Waals surface area contributed by atoms with Gasteiger partial charge in [0.15, 0.2) is 0 Å². The van der Waals surface area contributed by atoms with Gasteiger partial charge in [-0.25, -0.2) is 4.57 Å². The molecule has 3 aromatic rings. The van der Waals surface area contributed by atoms with Crippen LogP contribution in [0.2, 0.25) is 0 Å². The van der Waals surface area contributed by atoms with E-state index in [-0.39, 0.29) is 0 Å². The molecule has 0 atom stereocenters. The first-order chi connectivity index (χ1) is 8.84. The molecule has 2 aromatic carbocycles. The number of thiazole rings is 1. The van der Waals surface area contributed by atoms with Crippen molar-refractivity contribution in [3.63, 3.8) is 0 Å². The van der Waals surface area contributed by atoms with E-state index in [4.69, 9.17) is 0 Å². The third kappa shape index (κ3) is 2.02. The largest absolute Gasteiger partial charge is 0.409 e. The van der Waals surface area contributed by atoms with E-state index in [0.29, 0.717) is 0 Å². The maximum atomic E-state index is 4.32. The zero-order chi connectivity index (χ0) is 12.4. The minimum Gasteiger partial charge on any atom is -0.214 e. The molecule has 0 fully saturated rings. The first kappa shape index (κ1) is 11.0. The minimum atomic E-state index is 0.870. The molecule has 0 amide bonds. The van der Waals surface area contributed by atoms with Crippen molar-refractivity contribution in [2.45, 2.75) is 0 Å². The lowest BCUT2D eigenvalue weighted by Crippen LogP contribution is -2.25. The van der Waals surface area contributed by atoms with Crippen molar-refractivity contribution < 1.29 is 4.57 Å². The first-order valence-electron chi connectivity index (χ1n) is 5.69. The number of para-hydroxylation sites is 1. The quantitative estimate of drug-likeness (QED) is 0.486. The van der Waals surface area contributed by atoms with Gasteiger partial charge in [0.2, 0.25) is 0 Å². The van der Waals surface area contributed by atoms with E-state index in [1.165, 1.54) is 10.2 Å². The van der Waals surface area contributed by atoms with Crippen molar-refractivity contribution in [1.29, 1.82) is 0 Å². The Labute approximate surface area is 109 Å². The molecule has 0 aliphatic rings. The molecule has 0 unspecified atom stereocenters. The SMILES string of the molecule is C[n+]1c(N=Nc2ccccc2)sc2ccccc21. The van der Waals surface area contributed by atoms with Gasteiger partial charge in [-0.05, 0) is 40.7 Å². The maximum absolute atomic E-state index is 4.32. The van der Waals surface area contributed by atoms with Gasteiger partial charge in [-0.1, -0.05) is 30.3 Å². The fraction of sp³-hybridized carbons (Fsp3) is 0.0714. The van der Waals surface area contributed by atoms with E-state index in [2.05, 4.69) is 26.9 Å². The molecule has 0 saturated heterocycles. The third-order valence-corrected chi connectivity index (χ3v) is 3.83. The topological polar surface area (TPSA) is 28.6 Å². The van der Waals surface area contributed by atoms with Crippen molar-refractivity contribution in [3.8, 4) is 0 Å². The molecule has 0 spiro atoms. The Bertz CT molecular complexity index is 701. The number of fused-ring (bicyclic) bond motifs is 1. The van der Waals surface area contributed by atoms with Crippen molar-refractivity contribution in [2.24, 2.45) is 17.3 Å². The van der Waals surface area contributed by atoms with Gasteiger partial charge < -0.3 is 0 Å². The fourth-order valence-electron chi connectivity index (χ4n) is 1.77. The molecular weight excluding hydrogens is 242 g/mol. The van der Waals surface area contributed by atoms with Gasteiger partial charge in [0, 0.05) is 0 Å². The Hall–Kier alpha value is -2.07. The van der Waals surface area contributed by atoms with E-state index in [0.717, 1.165) is 10.8 Å². The van der Waals surface area contributed by atoms with Crippen LogP contribution in [0, 0.1) is 0 Å².